The third kappa shape index (κ3) is 3.32. The van der Waals surface area contributed by atoms with Crippen LogP contribution in [0.1, 0.15) is 19.3 Å². The monoisotopic (exact) mass is 157 g/mol. The molecule has 1 unspecified atom stereocenters. The number of rotatable bonds is 2. The molecular formula is C7H15N3O. The molecule has 0 aromatic carbocycles. The first-order valence-electron chi connectivity index (χ1n) is 4.05. The number of nitrogens with one attached hydrogen (secondary N) is 1. The minimum absolute atomic E-state index is 0.459. The van der Waals surface area contributed by atoms with E-state index in [1.165, 1.54) is 0 Å². The minimum Gasteiger partial charge on any atom is -0.381 e. The molecule has 1 N–H and O–H groups in total. The van der Waals surface area contributed by atoms with Crippen LogP contribution >= 0.6 is 0 Å². The van der Waals surface area contributed by atoms with Crippen LogP contribution in [-0.4, -0.2) is 26.3 Å². The Morgan fingerprint density at radius 2 is 2.27 bits per heavy atom. The van der Waals surface area contributed by atoms with Crippen molar-refractivity contribution in [3.05, 3.63) is 0 Å². The van der Waals surface area contributed by atoms with Gasteiger partial charge in [-0.05, 0) is 19.3 Å². The maximum atomic E-state index is 5.29. The van der Waals surface area contributed by atoms with Crippen molar-refractivity contribution in [1.29, 1.82) is 0 Å². The molecule has 1 heterocycles. The molecule has 0 radical (unpaired) electrons. The summed E-state index contributed by atoms with van der Waals surface area (Å²) in [5, 5.41) is 7.39. The van der Waals surface area contributed by atoms with Crippen LogP contribution in [0.5, 0.6) is 0 Å². The molecule has 0 aromatic rings. The highest BCUT2D eigenvalue weighted by atomic mass is 16.5. The summed E-state index contributed by atoms with van der Waals surface area (Å²) in [6.07, 6.45) is 3.30. The molecular weight excluding hydrogens is 142 g/mol. The van der Waals surface area contributed by atoms with Crippen LogP contribution in [-0.2, 0) is 4.74 Å². The van der Waals surface area contributed by atoms with Crippen LogP contribution in [0, 0.1) is 0 Å². The van der Waals surface area contributed by atoms with E-state index >= 15 is 0 Å². The van der Waals surface area contributed by atoms with Crippen molar-refractivity contribution in [3.63, 3.8) is 0 Å². The zero-order chi connectivity index (χ0) is 7.94. The average molecular weight is 157 g/mol. The van der Waals surface area contributed by atoms with E-state index in [0.717, 1.165) is 32.5 Å². The molecule has 4 heteroatoms. The summed E-state index contributed by atoms with van der Waals surface area (Å²) in [7, 11) is 1.67. The topological polar surface area (TPSA) is 46.0 Å². The van der Waals surface area contributed by atoms with Crippen LogP contribution in [0.25, 0.3) is 0 Å². The van der Waals surface area contributed by atoms with E-state index in [4.69, 9.17) is 4.74 Å². The van der Waals surface area contributed by atoms with Gasteiger partial charge in [-0.3, -0.25) is 5.43 Å². The van der Waals surface area contributed by atoms with Gasteiger partial charge in [0, 0.05) is 19.3 Å². The first-order valence-corrected chi connectivity index (χ1v) is 4.05. The number of hydrogen-bond donors (Lipinski definition) is 1. The van der Waals surface area contributed by atoms with Gasteiger partial charge in [0.1, 0.15) is 0 Å². The van der Waals surface area contributed by atoms with Gasteiger partial charge in [0.25, 0.3) is 0 Å². The van der Waals surface area contributed by atoms with Crippen LogP contribution in [0.3, 0.4) is 0 Å². The number of nitrogens with zero attached hydrogens (tertiary/aromatic N) is 2. The summed E-state index contributed by atoms with van der Waals surface area (Å²) in [5.41, 5.74) is 2.99. The van der Waals surface area contributed by atoms with Gasteiger partial charge >= 0.3 is 0 Å². The van der Waals surface area contributed by atoms with E-state index in [1.807, 2.05) is 0 Å². The Labute approximate surface area is 67.0 Å². The van der Waals surface area contributed by atoms with E-state index < -0.39 is 0 Å². The SMILES string of the molecule is CN=NNC1CCCOCC1. The fourth-order valence-corrected chi connectivity index (χ4v) is 1.17. The zero-order valence-corrected chi connectivity index (χ0v) is 6.92. The second-order valence-electron chi connectivity index (χ2n) is 2.67. The average Bonchev–Trinajstić information content (AvgIpc) is 2.28. The van der Waals surface area contributed by atoms with Crippen molar-refractivity contribution in [2.24, 2.45) is 10.3 Å². The second-order valence-corrected chi connectivity index (χ2v) is 2.67. The Morgan fingerprint density at radius 3 is 3.09 bits per heavy atom. The molecule has 1 atom stereocenters. The van der Waals surface area contributed by atoms with Gasteiger partial charge in [-0.2, -0.15) is 5.11 Å². The fraction of sp³-hybridized carbons (Fsp3) is 1.00. The van der Waals surface area contributed by atoms with Gasteiger partial charge < -0.3 is 4.74 Å². The minimum atomic E-state index is 0.459. The molecule has 4 nitrogen and oxygen atoms in total. The lowest BCUT2D eigenvalue weighted by atomic mass is 10.1. The highest BCUT2D eigenvalue weighted by molar-refractivity contribution is 4.66. The first kappa shape index (κ1) is 8.46. The van der Waals surface area contributed by atoms with Crippen LogP contribution < -0.4 is 5.43 Å². The van der Waals surface area contributed by atoms with Crippen molar-refractivity contribution in [2.75, 3.05) is 20.3 Å². The largest absolute Gasteiger partial charge is 0.381 e. The van der Waals surface area contributed by atoms with Crippen molar-refractivity contribution >= 4 is 0 Å². The summed E-state index contributed by atoms with van der Waals surface area (Å²) < 4.78 is 5.29. The second kappa shape index (κ2) is 5.07. The highest BCUT2D eigenvalue weighted by Crippen LogP contribution is 2.07. The molecule has 1 rings (SSSR count). The standard InChI is InChI=1S/C7H15N3O/c1-8-10-9-7-3-2-5-11-6-4-7/h7H,2-6H2,1H3,(H,8,9). The molecule has 1 aliphatic rings. The molecule has 64 valence electrons. The quantitative estimate of drug-likeness (QED) is 0.482. The summed E-state index contributed by atoms with van der Waals surface area (Å²) in [6.45, 7) is 1.73. The fourth-order valence-electron chi connectivity index (χ4n) is 1.17. The van der Waals surface area contributed by atoms with E-state index in [0.29, 0.717) is 6.04 Å². The molecule has 0 saturated carbocycles. The number of hydrogen-bond acceptors (Lipinski definition) is 3. The summed E-state index contributed by atoms with van der Waals surface area (Å²) in [4.78, 5) is 0. The molecule has 1 aliphatic heterocycles. The van der Waals surface area contributed by atoms with Gasteiger partial charge in [-0.1, -0.05) is 5.22 Å². The summed E-state index contributed by atoms with van der Waals surface area (Å²) in [6, 6.07) is 0.459. The molecule has 0 bridgehead atoms. The van der Waals surface area contributed by atoms with Crippen molar-refractivity contribution < 1.29 is 4.74 Å². The zero-order valence-electron chi connectivity index (χ0n) is 6.92. The predicted octanol–water partition coefficient (Wildman–Crippen LogP) is 1.14. The van der Waals surface area contributed by atoms with Crippen molar-refractivity contribution in [1.82, 2.24) is 5.43 Å². The van der Waals surface area contributed by atoms with E-state index in [1.54, 1.807) is 7.05 Å². The highest BCUT2D eigenvalue weighted by Gasteiger charge is 2.10. The van der Waals surface area contributed by atoms with Crippen molar-refractivity contribution in [3.8, 4) is 0 Å². The predicted molar refractivity (Wildman–Crippen MR) is 42.4 cm³/mol. The van der Waals surface area contributed by atoms with Crippen LogP contribution in [0.4, 0.5) is 0 Å². The van der Waals surface area contributed by atoms with E-state index in [2.05, 4.69) is 15.8 Å². The Hall–Kier alpha value is -0.640. The lowest BCUT2D eigenvalue weighted by Crippen LogP contribution is -2.23. The van der Waals surface area contributed by atoms with Gasteiger partial charge in [0.05, 0.1) is 7.05 Å². The van der Waals surface area contributed by atoms with E-state index in [-0.39, 0.29) is 0 Å². The Kier molecular flexibility index (Phi) is 3.90. The third-order valence-electron chi connectivity index (χ3n) is 1.79. The van der Waals surface area contributed by atoms with Gasteiger partial charge in [0.15, 0.2) is 0 Å². The van der Waals surface area contributed by atoms with Gasteiger partial charge in [0.2, 0.25) is 0 Å². The molecule has 1 fully saturated rings. The number of ether oxygens (including phenoxy) is 1. The lowest BCUT2D eigenvalue weighted by molar-refractivity contribution is 0.142. The first-order chi connectivity index (χ1) is 5.43. The third-order valence-corrected chi connectivity index (χ3v) is 1.79. The van der Waals surface area contributed by atoms with Gasteiger partial charge in [-0.15, -0.1) is 0 Å². The molecule has 1 saturated heterocycles. The normalized spacial score (nSPS) is 26.8. The smallest absolute Gasteiger partial charge is 0.0509 e. The van der Waals surface area contributed by atoms with Crippen LogP contribution in [0.2, 0.25) is 0 Å². The molecule has 0 aliphatic carbocycles. The Bertz CT molecular complexity index is 119. The molecule has 0 aromatic heterocycles. The van der Waals surface area contributed by atoms with E-state index in [9.17, 15) is 0 Å². The lowest BCUT2D eigenvalue weighted by Gasteiger charge is -2.10. The van der Waals surface area contributed by atoms with Gasteiger partial charge in [-0.25, -0.2) is 0 Å². The Morgan fingerprint density at radius 1 is 1.36 bits per heavy atom. The summed E-state index contributed by atoms with van der Waals surface area (Å²) in [5.74, 6) is 0. The molecule has 11 heavy (non-hydrogen) atoms. The molecule has 0 amide bonds. The van der Waals surface area contributed by atoms with Crippen LogP contribution in [0.15, 0.2) is 10.3 Å². The van der Waals surface area contributed by atoms with Crippen molar-refractivity contribution in [2.45, 2.75) is 25.3 Å². The maximum absolute atomic E-state index is 5.29. The summed E-state index contributed by atoms with van der Waals surface area (Å²) >= 11 is 0. The Balaban J connectivity index is 2.19. The maximum Gasteiger partial charge on any atom is 0.0509 e. The molecule has 0 spiro atoms.